The van der Waals surface area contributed by atoms with E-state index in [2.05, 4.69) is 61.4 Å². The minimum absolute atomic E-state index is 0.821. The maximum absolute atomic E-state index is 4.71. The maximum atomic E-state index is 4.71. The lowest BCUT2D eigenvalue weighted by atomic mass is 10.1. The van der Waals surface area contributed by atoms with Gasteiger partial charge >= 0.3 is 0 Å². The van der Waals surface area contributed by atoms with Crippen LogP contribution in [0.1, 0.15) is 44.9 Å². The van der Waals surface area contributed by atoms with Crippen molar-refractivity contribution in [1.29, 1.82) is 0 Å². The van der Waals surface area contributed by atoms with Crippen molar-refractivity contribution < 1.29 is 0 Å². The predicted octanol–water partition coefficient (Wildman–Crippen LogP) is 4.48. The highest BCUT2D eigenvalue weighted by atomic mass is 15.0. The zero-order chi connectivity index (χ0) is 15.1. The molecule has 0 bridgehead atoms. The van der Waals surface area contributed by atoms with E-state index in [0.717, 1.165) is 55.1 Å². The van der Waals surface area contributed by atoms with Crippen LogP contribution in [-0.4, -0.2) is 16.5 Å². The Bertz CT molecular complexity index is 561. The fourth-order valence-electron chi connectivity index (χ4n) is 2.24. The zero-order valence-electron chi connectivity index (χ0n) is 13.3. The van der Waals surface area contributed by atoms with Gasteiger partial charge in [0, 0.05) is 23.9 Å². The smallest absolute Gasteiger partial charge is 0.161 e. The highest BCUT2D eigenvalue weighted by Gasteiger charge is 2.06. The van der Waals surface area contributed by atoms with Crippen molar-refractivity contribution >= 4 is 5.82 Å². The number of rotatable bonds is 7. The highest BCUT2D eigenvalue weighted by Crippen LogP contribution is 2.19. The van der Waals surface area contributed by atoms with E-state index in [1.807, 2.05) is 0 Å². The fourth-order valence-corrected chi connectivity index (χ4v) is 2.24. The molecule has 1 aromatic heterocycles. The molecule has 0 spiro atoms. The van der Waals surface area contributed by atoms with Gasteiger partial charge in [0.25, 0.3) is 0 Å². The summed E-state index contributed by atoms with van der Waals surface area (Å²) in [5.74, 6) is 1.76. The Labute approximate surface area is 127 Å². The first-order valence-electron chi connectivity index (χ1n) is 7.98. The number of nitrogens with zero attached hydrogens (tertiary/aromatic N) is 2. The summed E-state index contributed by atoms with van der Waals surface area (Å²) in [6.07, 6.45) is 4.23. The van der Waals surface area contributed by atoms with Gasteiger partial charge in [-0.25, -0.2) is 9.97 Å². The second-order valence-electron chi connectivity index (χ2n) is 5.30. The van der Waals surface area contributed by atoms with Gasteiger partial charge < -0.3 is 5.32 Å². The maximum Gasteiger partial charge on any atom is 0.161 e. The quantitative estimate of drug-likeness (QED) is 0.814. The number of aromatic nitrogens is 2. The average Bonchev–Trinajstić information content (AvgIpc) is 2.53. The Morgan fingerprint density at radius 1 is 0.952 bits per heavy atom. The Morgan fingerprint density at radius 2 is 1.71 bits per heavy atom. The van der Waals surface area contributed by atoms with Crippen LogP contribution < -0.4 is 5.32 Å². The van der Waals surface area contributed by atoms with E-state index >= 15 is 0 Å². The number of aryl methyl sites for hydroxylation is 2. The Morgan fingerprint density at radius 3 is 2.33 bits per heavy atom. The fraction of sp³-hybridized carbons (Fsp3) is 0.444. The SMILES string of the molecule is CCCNc1cc(CCC)nc(-c2ccc(CC)cc2)n1. The van der Waals surface area contributed by atoms with Crippen LogP contribution in [0.2, 0.25) is 0 Å². The summed E-state index contributed by atoms with van der Waals surface area (Å²) in [5.41, 5.74) is 3.54. The van der Waals surface area contributed by atoms with E-state index in [1.165, 1.54) is 5.56 Å². The molecule has 21 heavy (non-hydrogen) atoms. The minimum atomic E-state index is 0.821. The van der Waals surface area contributed by atoms with E-state index in [0.29, 0.717) is 0 Å². The number of hydrogen-bond donors (Lipinski definition) is 1. The molecule has 112 valence electrons. The van der Waals surface area contributed by atoms with Gasteiger partial charge in [-0.15, -0.1) is 0 Å². The third-order valence-corrected chi connectivity index (χ3v) is 3.46. The van der Waals surface area contributed by atoms with Gasteiger partial charge in [-0.05, 0) is 24.8 Å². The molecule has 0 amide bonds. The van der Waals surface area contributed by atoms with Crippen LogP contribution >= 0.6 is 0 Å². The monoisotopic (exact) mass is 283 g/mol. The van der Waals surface area contributed by atoms with E-state index in [1.54, 1.807) is 0 Å². The minimum Gasteiger partial charge on any atom is -0.370 e. The summed E-state index contributed by atoms with van der Waals surface area (Å²) >= 11 is 0. The molecule has 0 aliphatic rings. The molecular weight excluding hydrogens is 258 g/mol. The number of benzene rings is 1. The molecule has 0 aliphatic carbocycles. The van der Waals surface area contributed by atoms with Gasteiger partial charge in [0.1, 0.15) is 5.82 Å². The molecular formula is C18H25N3. The van der Waals surface area contributed by atoms with Gasteiger partial charge in [-0.2, -0.15) is 0 Å². The van der Waals surface area contributed by atoms with E-state index < -0.39 is 0 Å². The van der Waals surface area contributed by atoms with E-state index in [-0.39, 0.29) is 0 Å². The van der Waals surface area contributed by atoms with Crippen LogP contribution in [0.5, 0.6) is 0 Å². The van der Waals surface area contributed by atoms with Gasteiger partial charge in [0.2, 0.25) is 0 Å². The third kappa shape index (κ3) is 4.28. The first kappa shape index (κ1) is 15.5. The first-order chi connectivity index (χ1) is 10.3. The van der Waals surface area contributed by atoms with Gasteiger partial charge in [0.15, 0.2) is 5.82 Å². The van der Waals surface area contributed by atoms with Crippen molar-refractivity contribution in [3.63, 3.8) is 0 Å². The van der Waals surface area contributed by atoms with Crippen molar-refractivity contribution in [3.05, 3.63) is 41.6 Å². The van der Waals surface area contributed by atoms with Crippen molar-refractivity contribution in [2.45, 2.75) is 46.5 Å². The van der Waals surface area contributed by atoms with Gasteiger partial charge in [-0.1, -0.05) is 51.5 Å². The zero-order valence-corrected chi connectivity index (χ0v) is 13.3. The lowest BCUT2D eigenvalue weighted by Crippen LogP contribution is -2.05. The standard InChI is InChI=1S/C18H25N3/c1-4-7-16-13-17(19-12-5-2)21-18(20-16)15-10-8-14(6-3)9-11-15/h8-11,13H,4-7,12H2,1-3H3,(H,19,20,21). The molecule has 1 aromatic carbocycles. The second kappa shape index (κ2) is 7.77. The summed E-state index contributed by atoms with van der Waals surface area (Å²) in [7, 11) is 0. The van der Waals surface area contributed by atoms with Crippen LogP contribution in [0.4, 0.5) is 5.82 Å². The van der Waals surface area contributed by atoms with Crippen LogP contribution in [0.25, 0.3) is 11.4 Å². The summed E-state index contributed by atoms with van der Waals surface area (Å²) in [4.78, 5) is 9.36. The van der Waals surface area contributed by atoms with Crippen LogP contribution in [0, 0.1) is 0 Å². The number of nitrogens with one attached hydrogen (secondary N) is 1. The molecule has 1 N–H and O–H groups in total. The Hall–Kier alpha value is -1.90. The average molecular weight is 283 g/mol. The summed E-state index contributed by atoms with van der Waals surface area (Å²) in [6, 6.07) is 10.6. The van der Waals surface area contributed by atoms with Crippen LogP contribution in [0.3, 0.4) is 0 Å². The molecule has 3 nitrogen and oxygen atoms in total. The molecule has 2 rings (SSSR count). The van der Waals surface area contributed by atoms with E-state index in [9.17, 15) is 0 Å². The lowest BCUT2D eigenvalue weighted by Gasteiger charge is -2.09. The van der Waals surface area contributed by atoms with Gasteiger partial charge in [-0.3, -0.25) is 0 Å². The molecule has 2 aromatic rings. The largest absolute Gasteiger partial charge is 0.370 e. The molecule has 0 aliphatic heterocycles. The van der Waals surface area contributed by atoms with Crippen molar-refractivity contribution in [2.24, 2.45) is 0 Å². The van der Waals surface area contributed by atoms with Crippen molar-refractivity contribution in [1.82, 2.24) is 9.97 Å². The highest BCUT2D eigenvalue weighted by molar-refractivity contribution is 5.58. The molecule has 1 heterocycles. The summed E-state index contributed by atoms with van der Waals surface area (Å²) in [5, 5.41) is 3.37. The first-order valence-corrected chi connectivity index (χ1v) is 7.98. The summed E-state index contributed by atoms with van der Waals surface area (Å²) in [6.45, 7) is 7.44. The predicted molar refractivity (Wildman–Crippen MR) is 89.6 cm³/mol. The second-order valence-corrected chi connectivity index (χ2v) is 5.30. The van der Waals surface area contributed by atoms with Crippen LogP contribution in [0.15, 0.2) is 30.3 Å². The van der Waals surface area contributed by atoms with E-state index in [4.69, 9.17) is 4.98 Å². The molecule has 0 saturated carbocycles. The molecule has 0 unspecified atom stereocenters. The molecule has 0 radical (unpaired) electrons. The van der Waals surface area contributed by atoms with Crippen LogP contribution in [-0.2, 0) is 12.8 Å². The van der Waals surface area contributed by atoms with Gasteiger partial charge in [0.05, 0.1) is 0 Å². The third-order valence-electron chi connectivity index (χ3n) is 3.46. The Kier molecular flexibility index (Phi) is 5.73. The topological polar surface area (TPSA) is 37.8 Å². The molecule has 0 atom stereocenters. The van der Waals surface area contributed by atoms with Crippen molar-refractivity contribution in [2.75, 3.05) is 11.9 Å². The number of anilines is 1. The summed E-state index contributed by atoms with van der Waals surface area (Å²) < 4.78 is 0. The van der Waals surface area contributed by atoms with Crippen molar-refractivity contribution in [3.8, 4) is 11.4 Å². The number of hydrogen-bond acceptors (Lipinski definition) is 3. The normalized spacial score (nSPS) is 10.6. The molecule has 3 heteroatoms. The molecule has 0 fully saturated rings. The molecule has 0 saturated heterocycles. The lowest BCUT2D eigenvalue weighted by molar-refractivity contribution is 0.872. The Balaban J connectivity index is 2.32.